The van der Waals surface area contributed by atoms with E-state index in [9.17, 15) is 9.18 Å². The standard InChI is InChI=1S/C21H26FN3O/c1-21(2)11-18(24-20(26)14-6-3-4-7-14)17-13-23-25(19(17)12-21)16-9-5-8-15(22)10-16/h5,8-10,13-14,18H,3-4,6-7,11-12H2,1-2H3,(H,24,26)/t18-/m0/s1. The molecule has 1 heterocycles. The summed E-state index contributed by atoms with van der Waals surface area (Å²) in [4.78, 5) is 12.7. The molecule has 138 valence electrons. The Morgan fingerprint density at radius 2 is 2.08 bits per heavy atom. The lowest BCUT2D eigenvalue weighted by Crippen LogP contribution is -2.39. The number of nitrogens with zero attached hydrogens (tertiary/aromatic N) is 2. The number of nitrogens with one attached hydrogen (secondary N) is 1. The highest BCUT2D eigenvalue weighted by Gasteiger charge is 2.37. The molecule has 4 nitrogen and oxygen atoms in total. The normalized spacial score (nSPS) is 22.2. The van der Waals surface area contributed by atoms with E-state index >= 15 is 0 Å². The molecule has 1 N–H and O–H groups in total. The van der Waals surface area contributed by atoms with Crippen molar-refractivity contribution in [1.29, 1.82) is 0 Å². The first-order valence-corrected chi connectivity index (χ1v) is 9.56. The van der Waals surface area contributed by atoms with Gasteiger partial charge in [0.05, 0.1) is 23.6 Å². The summed E-state index contributed by atoms with van der Waals surface area (Å²) in [5, 5.41) is 7.81. The highest BCUT2D eigenvalue weighted by atomic mass is 19.1. The minimum absolute atomic E-state index is 0.0239. The molecule has 0 aliphatic heterocycles. The Labute approximate surface area is 153 Å². The summed E-state index contributed by atoms with van der Waals surface area (Å²) in [5.74, 6) is 0.0596. The number of aromatic nitrogens is 2. The minimum atomic E-state index is -0.270. The van der Waals surface area contributed by atoms with Crippen molar-refractivity contribution in [3.05, 3.63) is 47.5 Å². The van der Waals surface area contributed by atoms with Gasteiger partial charge >= 0.3 is 0 Å². The Balaban J connectivity index is 1.66. The third-order valence-electron chi connectivity index (χ3n) is 5.77. The number of hydrogen-bond donors (Lipinski definition) is 1. The van der Waals surface area contributed by atoms with Gasteiger partial charge in [0.15, 0.2) is 0 Å². The summed E-state index contributed by atoms with van der Waals surface area (Å²) in [7, 11) is 0. The molecule has 1 saturated carbocycles. The Kier molecular flexibility index (Phi) is 4.33. The van der Waals surface area contributed by atoms with Crippen LogP contribution in [0.2, 0.25) is 0 Å². The van der Waals surface area contributed by atoms with E-state index in [4.69, 9.17) is 0 Å². The summed E-state index contributed by atoms with van der Waals surface area (Å²) < 4.78 is 15.5. The van der Waals surface area contributed by atoms with Crippen LogP contribution < -0.4 is 5.32 Å². The van der Waals surface area contributed by atoms with E-state index in [1.165, 1.54) is 12.1 Å². The van der Waals surface area contributed by atoms with Gasteiger partial charge in [0.2, 0.25) is 5.91 Å². The van der Waals surface area contributed by atoms with Crippen LogP contribution in [0.15, 0.2) is 30.5 Å². The van der Waals surface area contributed by atoms with Gasteiger partial charge in [0.25, 0.3) is 0 Å². The SMILES string of the molecule is CC1(C)Cc2c(cnn2-c2cccc(F)c2)[C@@H](NC(=O)C2CCCC2)C1. The molecule has 0 saturated heterocycles. The Bertz CT molecular complexity index is 820. The summed E-state index contributed by atoms with van der Waals surface area (Å²) >= 11 is 0. The van der Waals surface area contributed by atoms with E-state index in [-0.39, 0.29) is 29.1 Å². The van der Waals surface area contributed by atoms with E-state index in [0.29, 0.717) is 0 Å². The summed E-state index contributed by atoms with van der Waals surface area (Å²) in [6.45, 7) is 4.43. The number of rotatable bonds is 3. The average Bonchev–Trinajstić information content (AvgIpc) is 3.23. The molecule has 0 radical (unpaired) electrons. The maximum Gasteiger partial charge on any atom is 0.223 e. The van der Waals surface area contributed by atoms with Crippen molar-refractivity contribution in [1.82, 2.24) is 15.1 Å². The highest BCUT2D eigenvalue weighted by molar-refractivity contribution is 5.79. The number of benzene rings is 1. The van der Waals surface area contributed by atoms with Crippen LogP contribution in [0.5, 0.6) is 0 Å². The van der Waals surface area contributed by atoms with Gasteiger partial charge < -0.3 is 5.32 Å². The quantitative estimate of drug-likeness (QED) is 0.891. The van der Waals surface area contributed by atoms with Crippen molar-refractivity contribution in [2.75, 3.05) is 0 Å². The second kappa shape index (κ2) is 6.53. The first kappa shape index (κ1) is 17.3. The third-order valence-corrected chi connectivity index (χ3v) is 5.77. The van der Waals surface area contributed by atoms with E-state index in [0.717, 1.165) is 55.5 Å². The summed E-state index contributed by atoms with van der Waals surface area (Å²) in [6, 6.07) is 6.48. The minimum Gasteiger partial charge on any atom is -0.349 e. The molecule has 1 atom stereocenters. The molecule has 1 aromatic heterocycles. The van der Waals surface area contributed by atoms with Crippen LogP contribution in [0.3, 0.4) is 0 Å². The van der Waals surface area contributed by atoms with Gasteiger partial charge in [-0.3, -0.25) is 4.79 Å². The Hall–Kier alpha value is -2.17. The van der Waals surface area contributed by atoms with Gasteiger partial charge in [-0.2, -0.15) is 5.10 Å². The average molecular weight is 355 g/mol. The maximum absolute atomic E-state index is 13.7. The van der Waals surface area contributed by atoms with Crippen LogP contribution in [0.25, 0.3) is 5.69 Å². The second-order valence-electron chi connectivity index (χ2n) is 8.53. The molecule has 2 aliphatic carbocycles. The molecule has 5 heteroatoms. The van der Waals surface area contributed by atoms with Gasteiger partial charge in [-0.1, -0.05) is 32.8 Å². The fraction of sp³-hybridized carbons (Fsp3) is 0.524. The number of halogens is 1. The number of carbonyl (C=O) groups is 1. The van der Waals surface area contributed by atoms with Crippen molar-refractivity contribution in [2.24, 2.45) is 11.3 Å². The lowest BCUT2D eigenvalue weighted by Gasteiger charge is -2.36. The molecule has 26 heavy (non-hydrogen) atoms. The number of carbonyl (C=O) groups excluding carboxylic acids is 1. The van der Waals surface area contributed by atoms with Crippen LogP contribution in [-0.2, 0) is 11.2 Å². The van der Waals surface area contributed by atoms with E-state index in [2.05, 4.69) is 24.3 Å². The van der Waals surface area contributed by atoms with E-state index in [1.807, 2.05) is 16.9 Å². The molecule has 0 bridgehead atoms. The molecule has 4 rings (SSSR count). The zero-order valence-electron chi connectivity index (χ0n) is 15.5. The first-order valence-electron chi connectivity index (χ1n) is 9.56. The topological polar surface area (TPSA) is 46.9 Å². The van der Waals surface area contributed by atoms with Crippen molar-refractivity contribution in [2.45, 2.75) is 58.4 Å². The van der Waals surface area contributed by atoms with Gasteiger partial charge in [-0.05, 0) is 49.3 Å². The molecular formula is C21H26FN3O. The Morgan fingerprint density at radius 1 is 1.31 bits per heavy atom. The lowest BCUT2D eigenvalue weighted by molar-refractivity contribution is -0.125. The lowest BCUT2D eigenvalue weighted by atomic mass is 9.74. The maximum atomic E-state index is 13.7. The van der Waals surface area contributed by atoms with Crippen LogP contribution in [0, 0.1) is 17.2 Å². The predicted octanol–water partition coefficient (Wildman–Crippen LogP) is 4.33. The monoisotopic (exact) mass is 355 g/mol. The van der Waals surface area contributed by atoms with Crippen molar-refractivity contribution in [3.63, 3.8) is 0 Å². The Morgan fingerprint density at radius 3 is 2.81 bits per heavy atom. The fourth-order valence-corrected chi connectivity index (χ4v) is 4.48. The number of hydrogen-bond acceptors (Lipinski definition) is 2. The molecule has 2 aliphatic rings. The van der Waals surface area contributed by atoms with E-state index in [1.54, 1.807) is 6.07 Å². The third kappa shape index (κ3) is 3.27. The molecule has 0 spiro atoms. The van der Waals surface area contributed by atoms with Gasteiger partial charge in [-0.25, -0.2) is 9.07 Å². The second-order valence-corrected chi connectivity index (χ2v) is 8.53. The smallest absolute Gasteiger partial charge is 0.223 e. The zero-order valence-corrected chi connectivity index (χ0v) is 15.5. The van der Waals surface area contributed by atoms with Gasteiger partial charge in [-0.15, -0.1) is 0 Å². The van der Waals surface area contributed by atoms with Crippen LogP contribution in [0.4, 0.5) is 4.39 Å². The molecule has 2 aromatic rings. The van der Waals surface area contributed by atoms with E-state index < -0.39 is 0 Å². The van der Waals surface area contributed by atoms with Gasteiger partial charge in [0.1, 0.15) is 5.82 Å². The molecule has 1 fully saturated rings. The van der Waals surface area contributed by atoms with Crippen LogP contribution >= 0.6 is 0 Å². The van der Waals surface area contributed by atoms with Crippen LogP contribution in [0.1, 0.15) is 63.3 Å². The largest absolute Gasteiger partial charge is 0.349 e. The number of fused-ring (bicyclic) bond motifs is 1. The zero-order chi connectivity index (χ0) is 18.3. The molecular weight excluding hydrogens is 329 g/mol. The van der Waals surface area contributed by atoms with Crippen molar-refractivity contribution >= 4 is 5.91 Å². The molecule has 0 unspecified atom stereocenters. The predicted molar refractivity (Wildman–Crippen MR) is 98.5 cm³/mol. The molecule has 1 aromatic carbocycles. The van der Waals surface area contributed by atoms with Crippen LogP contribution in [-0.4, -0.2) is 15.7 Å². The van der Waals surface area contributed by atoms with Gasteiger partial charge in [0, 0.05) is 11.5 Å². The number of amides is 1. The van der Waals surface area contributed by atoms with Crippen molar-refractivity contribution < 1.29 is 9.18 Å². The first-order chi connectivity index (χ1) is 12.4. The fourth-order valence-electron chi connectivity index (χ4n) is 4.48. The molecule has 1 amide bonds. The van der Waals surface area contributed by atoms with Crippen molar-refractivity contribution in [3.8, 4) is 5.69 Å². The summed E-state index contributed by atoms with van der Waals surface area (Å²) in [6.07, 6.45) is 7.89. The summed E-state index contributed by atoms with van der Waals surface area (Å²) in [5.41, 5.74) is 2.92. The highest BCUT2D eigenvalue weighted by Crippen LogP contribution is 2.41.